The number of H-pyrrole nitrogens is 1. The van der Waals surface area contributed by atoms with E-state index in [1.807, 2.05) is 36.5 Å². The molecule has 2 aliphatic rings. The van der Waals surface area contributed by atoms with Gasteiger partial charge in [-0.1, -0.05) is 61.7 Å². The van der Waals surface area contributed by atoms with E-state index in [0.717, 1.165) is 44.6 Å². The minimum atomic E-state index is 0.207. The zero-order valence-electron chi connectivity index (χ0n) is 20.3. The first-order valence-corrected chi connectivity index (χ1v) is 12.9. The van der Waals surface area contributed by atoms with Crippen LogP contribution in [0.1, 0.15) is 65.2 Å². The predicted molar refractivity (Wildman–Crippen MR) is 138 cm³/mol. The number of nitrogens with one attached hydrogen (secondary N) is 1. The average Bonchev–Trinajstić information content (AvgIpc) is 3.53. The van der Waals surface area contributed by atoms with Crippen molar-refractivity contribution in [3.8, 4) is 0 Å². The molecule has 1 amide bonds. The van der Waals surface area contributed by atoms with E-state index in [1.54, 1.807) is 0 Å². The fraction of sp³-hybridized carbons (Fsp3) is 0.433. The first-order chi connectivity index (χ1) is 16.7. The maximum Gasteiger partial charge on any atom is 0.254 e. The molecule has 2 heterocycles. The highest BCUT2D eigenvalue weighted by Gasteiger charge is 2.38. The average molecular weight is 456 g/mol. The van der Waals surface area contributed by atoms with Gasteiger partial charge in [0.15, 0.2) is 0 Å². The van der Waals surface area contributed by atoms with Crippen molar-refractivity contribution in [1.82, 2.24) is 14.8 Å². The van der Waals surface area contributed by atoms with Crippen LogP contribution in [0.5, 0.6) is 0 Å². The van der Waals surface area contributed by atoms with Crippen LogP contribution in [0.4, 0.5) is 0 Å². The first kappa shape index (κ1) is 22.9. The number of hydrogen-bond donors (Lipinski definition) is 1. The summed E-state index contributed by atoms with van der Waals surface area (Å²) in [5.41, 5.74) is 4.88. The molecule has 1 aliphatic heterocycles. The Morgan fingerprint density at radius 2 is 1.71 bits per heavy atom. The maximum atomic E-state index is 13.8. The van der Waals surface area contributed by atoms with E-state index in [1.165, 1.54) is 36.1 Å². The molecule has 0 unspecified atom stereocenters. The van der Waals surface area contributed by atoms with Gasteiger partial charge in [0.2, 0.25) is 0 Å². The second kappa shape index (κ2) is 10.6. The van der Waals surface area contributed by atoms with Crippen molar-refractivity contribution in [2.45, 2.75) is 57.5 Å². The summed E-state index contributed by atoms with van der Waals surface area (Å²) < 4.78 is 0. The van der Waals surface area contributed by atoms with Crippen LogP contribution in [0.25, 0.3) is 0 Å². The lowest BCUT2D eigenvalue weighted by molar-refractivity contribution is 0.0588. The largest absolute Gasteiger partial charge is 0.364 e. The zero-order valence-corrected chi connectivity index (χ0v) is 20.3. The molecule has 1 N–H and O–H groups in total. The molecule has 178 valence electrons. The summed E-state index contributed by atoms with van der Waals surface area (Å²) in [6, 6.07) is 23.3. The number of carbonyl (C=O) groups is 1. The molecule has 5 rings (SSSR count). The normalized spacial score (nSPS) is 21.6. The molecular formula is C30H37N3O. The third-order valence-corrected chi connectivity index (χ3v) is 7.89. The van der Waals surface area contributed by atoms with Crippen molar-refractivity contribution < 1.29 is 4.79 Å². The highest BCUT2D eigenvalue weighted by Crippen LogP contribution is 2.37. The lowest BCUT2D eigenvalue weighted by Crippen LogP contribution is -2.45. The first-order valence-electron chi connectivity index (χ1n) is 12.9. The van der Waals surface area contributed by atoms with Gasteiger partial charge >= 0.3 is 0 Å². The SMILES string of the molecule is Cc1ccccc1[C@H]1CN(Cc2ccc[nH]2)C[C@H]1CN(C(=O)c1ccccc1)C1CCCCC1. The van der Waals surface area contributed by atoms with E-state index >= 15 is 0 Å². The molecular weight excluding hydrogens is 418 g/mol. The van der Waals surface area contributed by atoms with Gasteiger partial charge in [0.05, 0.1) is 0 Å². The monoisotopic (exact) mass is 455 g/mol. The van der Waals surface area contributed by atoms with E-state index in [2.05, 4.69) is 58.1 Å². The molecule has 1 saturated heterocycles. The van der Waals surface area contributed by atoms with Crippen LogP contribution >= 0.6 is 0 Å². The summed E-state index contributed by atoms with van der Waals surface area (Å²) in [4.78, 5) is 22.0. The highest BCUT2D eigenvalue weighted by molar-refractivity contribution is 5.94. The molecule has 1 aromatic heterocycles. The summed E-state index contributed by atoms with van der Waals surface area (Å²) in [7, 11) is 0. The number of aromatic amines is 1. The number of aromatic nitrogens is 1. The van der Waals surface area contributed by atoms with Crippen LogP contribution < -0.4 is 0 Å². The molecule has 3 aromatic rings. The Morgan fingerprint density at radius 3 is 2.44 bits per heavy atom. The second-order valence-electron chi connectivity index (χ2n) is 10.2. The summed E-state index contributed by atoms with van der Waals surface area (Å²) >= 11 is 0. The molecule has 1 saturated carbocycles. The number of aryl methyl sites for hydroxylation is 1. The number of rotatable bonds is 7. The van der Waals surface area contributed by atoms with Crippen molar-refractivity contribution in [3.05, 3.63) is 95.3 Å². The van der Waals surface area contributed by atoms with Gasteiger partial charge in [0, 0.05) is 55.6 Å². The van der Waals surface area contributed by atoms with Gasteiger partial charge in [-0.3, -0.25) is 9.69 Å². The Balaban J connectivity index is 1.42. The van der Waals surface area contributed by atoms with Crippen molar-refractivity contribution in [2.24, 2.45) is 5.92 Å². The number of likely N-dealkylation sites (tertiary alicyclic amines) is 1. The number of benzene rings is 2. The van der Waals surface area contributed by atoms with Gasteiger partial charge in [-0.2, -0.15) is 0 Å². The van der Waals surface area contributed by atoms with Gasteiger partial charge in [-0.05, 0) is 61.1 Å². The third-order valence-electron chi connectivity index (χ3n) is 7.89. The number of carbonyl (C=O) groups excluding carboxylic acids is 1. The summed E-state index contributed by atoms with van der Waals surface area (Å²) in [6.45, 7) is 6.05. The molecule has 0 spiro atoms. The topological polar surface area (TPSA) is 39.3 Å². The second-order valence-corrected chi connectivity index (χ2v) is 10.2. The Bertz CT molecular complexity index is 1060. The van der Waals surface area contributed by atoms with Gasteiger partial charge < -0.3 is 9.88 Å². The van der Waals surface area contributed by atoms with Crippen LogP contribution in [-0.4, -0.2) is 46.4 Å². The van der Waals surface area contributed by atoms with Crippen molar-refractivity contribution in [2.75, 3.05) is 19.6 Å². The van der Waals surface area contributed by atoms with Gasteiger partial charge in [-0.25, -0.2) is 0 Å². The quantitative estimate of drug-likeness (QED) is 0.474. The molecule has 2 fully saturated rings. The smallest absolute Gasteiger partial charge is 0.254 e. The highest BCUT2D eigenvalue weighted by atomic mass is 16.2. The van der Waals surface area contributed by atoms with E-state index in [9.17, 15) is 4.79 Å². The van der Waals surface area contributed by atoms with Crippen LogP contribution in [-0.2, 0) is 6.54 Å². The lowest BCUT2D eigenvalue weighted by Gasteiger charge is -2.37. The fourth-order valence-electron chi connectivity index (χ4n) is 6.13. The Labute approximate surface area is 204 Å². The number of hydrogen-bond acceptors (Lipinski definition) is 2. The summed E-state index contributed by atoms with van der Waals surface area (Å²) in [5.74, 6) is 1.07. The molecule has 34 heavy (non-hydrogen) atoms. The molecule has 2 atom stereocenters. The zero-order chi connectivity index (χ0) is 23.3. The Morgan fingerprint density at radius 1 is 0.941 bits per heavy atom. The maximum absolute atomic E-state index is 13.8. The van der Waals surface area contributed by atoms with Crippen molar-refractivity contribution in [3.63, 3.8) is 0 Å². The predicted octanol–water partition coefficient (Wildman–Crippen LogP) is 6.01. The minimum Gasteiger partial charge on any atom is -0.364 e. The Kier molecular flexibility index (Phi) is 7.15. The number of nitrogens with zero attached hydrogens (tertiary/aromatic N) is 2. The van der Waals surface area contributed by atoms with Gasteiger partial charge in [-0.15, -0.1) is 0 Å². The fourth-order valence-corrected chi connectivity index (χ4v) is 6.13. The molecule has 4 nitrogen and oxygen atoms in total. The molecule has 4 heteroatoms. The standard InChI is InChI=1S/C30H37N3O/c1-23-11-8-9-17-28(23)29-22-32(21-26-14-10-18-31-26)19-25(29)20-33(27-15-6-3-7-16-27)30(34)24-12-4-2-5-13-24/h2,4-5,8-14,17-18,25,27,29,31H,3,6-7,15-16,19-22H2,1H3/t25-,29-/m0/s1. The summed E-state index contributed by atoms with van der Waals surface area (Å²) in [5, 5.41) is 0. The molecule has 2 aromatic carbocycles. The van der Waals surface area contributed by atoms with E-state index < -0.39 is 0 Å². The van der Waals surface area contributed by atoms with Crippen LogP contribution in [0, 0.1) is 12.8 Å². The van der Waals surface area contributed by atoms with Crippen LogP contribution in [0.2, 0.25) is 0 Å². The molecule has 1 aliphatic carbocycles. The van der Waals surface area contributed by atoms with Crippen molar-refractivity contribution in [1.29, 1.82) is 0 Å². The Hall–Kier alpha value is -2.85. The van der Waals surface area contributed by atoms with Crippen LogP contribution in [0.15, 0.2) is 72.9 Å². The lowest BCUT2D eigenvalue weighted by atomic mass is 9.85. The summed E-state index contributed by atoms with van der Waals surface area (Å²) in [6.07, 6.45) is 8.02. The van der Waals surface area contributed by atoms with Gasteiger partial charge in [0.1, 0.15) is 0 Å². The molecule has 0 bridgehead atoms. The van der Waals surface area contributed by atoms with E-state index in [-0.39, 0.29) is 5.91 Å². The third kappa shape index (κ3) is 5.12. The van der Waals surface area contributed by atoms with Crippen molar-refractivity contribution >= 4 is 5.91 Å². The van der Waals surface area contributed by atoms with Crippen LogP contribution in [0.3, 0.4) is 0 Å². The van der Waals surface area contributed by atoms with Gasteiger partial charge in [0.25, 0.3) is 5.91 Å². The minimum absolute atomic E-state index is 0.207. The van der Waals surface area contributed by atoms with E-state index in [4.69, 9.17) is 0 Å². The number of amides is 1. The van der Waals surface area contributed by atoms with E-state index in [0.29, 0.717) is 17.9 Å². The molecule has 0 radical (unpaired) electrons.